The van der Waals surface area contributed by atoms with Crippen molar-refractivity contribution in [2.75, 3.05) is 11.9 Å². The second kappa shape index (κ2) is 7.53. The fraction of sp³-hybridized carbons (Fsp3) is 0.286. The Kier molecular flexibility index (Phi) is 5.70. The summed E-state index contributed by atoms with van der Waals surface area (Å²) in [4.78, 5) is 16.8. The van der Waals surface area contributed by atoms with Crippen LogP contribution in [0.5, 0.6) is 0 Å². The van der Waals surface area contributed by atoms with E-state index in [1.54, 1.807) is 6.20 Å². The van der Waals surface area contributed by atoms with Crippen molar-refractivity contribution in [3.8, 4) is 0 Å². The molecule has 0 fully saturated rings. The molecule has 1 unspecified atom stereocenters. The van der Waals surface area contributed by atoms with Gasteiger partial charge in [-0.25, -0.2) is 14.2 Å². The molecule has 0 radical (unpaired) electrons. The van der Waals surface area contributed by atoms with Crippen LogP contribution in [0.25, 0.3) is 0 Å². The first-order chi connectivity index (χ1) is 10.5. The van der Waals surface area contributed by atoms with Crippen molar-refractivity contribution in [1.29, 1.82) is 0 Å². The van der Waals surface area contributed by atoms with Crippen molar-refractivity contribution in [1.82, 2.24) is 10.3 Å². The quantitative estimate of drug-likeness (QED) is 0.779. The molecule has 2 amide bonds. The molecule has 1 aromatic carbocycles. The lowest BCUT2D eigenvalue weighted by atomic mass is 10.1. The molecule has 2 rings (SSSR count). The highest BCUT2D eigenvalue weighted by Gasteiger charge is 2.12. The number of urea groups is 1. The second-order valence-corrected chi connectivity index (χ2v) is 6.03. The van der Waals surface area contributed by atoms with Crippen LogP contribution < -0.4 is 10.6 Å². The van der Waals surface area contributed by atoms with Crippen LogP contribution in [0, 0.1) is 5.82 Å². The Balaban J connectivity index is 1.85. The van der Waals surface area contributed by atoms with E-state index >= 15 is 0 Å². The number of aliphatic hydroxyl groups is 1. The first-order valence-electron chi connectivity index (χ1n) is 6.62. The Hall–Kier alpha value is -1.70. The van der Waals surface area contributed by atoms with Gasteiger partial charge in [-0.3, -0.25) is 5.32 Å². The maximum absolute atomic E-state index is 13.3. The Bertz CT molecular complexity index is 665. The van der Waals surface area contributed by atoms with E-state index in [1.807, 2.05) is 6.92 Å². The van der Waals surface area contributed by atoms with Gasteiger partial charge in [0.2, 0.25) is 0 Å². The fourth-order valence-electron chi connectivity index (χ4n) is 1.70. The number of aromatic nitrogens is 1. The summed E-state index contributed by atoms with van der Waals surface area (Å²) in [5, 5.41) is 15.5. The summed E-state index contributed by atoms with van der Waals surface area (Å²) >= 11 is 6.96. The number of hydrogen-bond donors (Lipinski definition) is 3. The number of hydrogen-bond acceptors (Lipinski definition) is 4. The van der Waals surface area contributed by atoms with E-state index in [4.69, 9.17) is 11.6 Å². The van der Waals surface area contributed by atoms with Gasteiger partial charge in [-0.15, -0.1) is 11.3 Å². The van der Waals surface area contributed by atoms with Gasteiger partial charge in [0.05, 0.1) is 11.1 Å². The molecule has 1 aromatic heterocycles. The zero-order valence-corrected chi connectivity index (χ0v) is 13.3. The summed E-state index contributed by atoms with van der Waals surface area (Å²) in [5.41, 5.74) is 0.338. The number of anilines is 1. The zero-order valence-electron chi connectivity index (χ0n) is 11.8. The number of aliphatic hydroxyl groups excluding tert-OH is 1. The van der Waals surface area contributed by atoms with Crippen molar-refractivity contribution in [3.63, 3.8) is 0 Å². The zero-order chi connectivity index (χ0) is 16.1. The van der Waals surface area contributed by atoms with Gasteiger partial charge in [0.1, 0.15) is 5.82 Å². The summed E-state index contributed by atoms with van der Waals surface area (Å²) in [7, 11) is 0. The lowest BCUT2D eigenvalue weighted by Gasteiger charge is -2.12. The molecule has 5 nitrogen and oxygen atoms in total. The van der Waals surface area contributed by atoms with Gasteiger partial charge in [0, 0.05) is 17.6 Å². The molecule has 0 bridgehead atoms. The van der Waals surface area contributed by atoms with Crippen LogP contribution in [-0.2, 0) is 6.42 Å². The third-order valence-corrected chi connectivity index (χ3v) is 4.27. The Labute approximate surface area is 136 Å². The van der Waals surface area contributed by atoms with E-state index in [9.17, 15) is 14.3 Å². The van der Waals surface area contributed by atoms with Gasteiger partial charge in [0.15, 0.2) is 5.13 Å². The monoisotopic (exact) mass is 343 g/mol. The lowest BCUT2D eigenvalue weighted by Crippen LogP contribution is -2.32. The predicted octanol–water partition coefficient (Wildman–Crippen LogP) is 3.35. The number of nitrogens with zero attached hydrogens (tertiary/aromatic N) is 1. The molecule has 0 spiro atoms. The largest absolute Gasteiger partial charge is 0.387 e. The van der Waals surface area contributed by atoms with Gasteiger partial charge in [-0.2, -0.15) is 0 Å². The number of amides is 2. The number of carbonyl (C=O) groups excluding carboxylic acids is 1. The number of halogens is 2. The smallest absolute Gasteiger partial charge is 0.321 e. The summed E-state index contributed by atoms with van der Waals surface area (Å²) in [6, 6.07) is 3.52. The molecule has 118 valence electrons. The van der Waals surface area contributed by atoms with Gasteiger partial charge in [-0.1, -0.05) is 24.6 Å². The average molecular weight is 344 g/mol. The minimum atomic E-state index is -1.03. The molecule has 1 heterocycles. The van der Waals surface area contributed by atoms with Crippen molar-refractivity contribution >= 4 is 34.1 Å². The number of thiazole rings is 1. The van der Waals surface area contributed by atoms with Gasteiger partial charge in [-0.05, 0) is 24.1 Å². The summed E-state index contributed by atoms with van der Waals surface area (Å²) in [5.74, 6) is -0.613. The minimum Gasteiger partial charge on any atom is -0.387 e. The molecule has 8 heteroatoms. The van der Waals surface area contributed by atoms with Crippen molar-refractivity contribution in [2.45, 2.75) is 19.4 Å². The molecular formula is C14H15ClFN3O2S. The minimum absolute atomic E-state index is 0.0165. The highest BCUT2D eigenvalue weighted by Crippen LogP contribution is 2.20. The predicted molar refractivity (Wildman–Crippen MR) is 84.9 cm³/mol. The van der Waals surface area contributed by atoms with Crippen molar-refractivity contribution < 1.29 is 14.3 Å². The van der Waals surface area contributed by atoms with Crippen LogP contribution >= 0.6 is 22.9 Å². The molecule has 1 atom stereocenters. The topological polar surface area (TPSA) is 74.2 Å². The maximum atomic E-state index is 13.3. The molecule has 0 saturated heterocycles. The molecule has 0 saturated carbocycles. The Morgan fingerprint density at radius 3 is 2.95 bits per heavy atom. The van der Waals surface area contributed by atoms with E-state index in [2.05, 4.69) is 15.6 Å². The first-order valence-corrected chi connectivity index (χ1v) is 7.81. The molecule has 22 heavy (non-hydrogen) atoms. The second-order valence-electron chi connectivity index (χ2n) is 4.51. The van der Waals surface area contributed by atoms with E-state index < -0.39 is 18.0 Å². The summed E-state index contributed by atoms with van der Waals surface area (Å²) in [6.07, 6.45) is 1.52. The van der Waals surface area contributed by atoms with Crippen molar-refractivity contribution in [3.05, 3.63) is 45.7 Å². The van der Waals surface area contributed by atoms with Crippen LogP contribution in [0.3, 0.4) is 0 Å². The molecule has 0 aliphatic carbocycles. The lowest BCUT2D eigenvalue weighted by molar-refractivity contribution is 0.174. The maximum Gasteiger partial charge on any atom is 0.321 e. The normalized spacial score (nSPS) is 12.0. The highest BCUT2D eigenvalue weighted by atomic mass is 35.5. The highest BCUT2D eigenvalue weighted by molar-refractivity contribution is 7.15. The van der Waals surface area contributed by atoms with E-state index in [1.165, 1.54) is 23.5 Å². The number of benzene rings is 1. The van der Waals surface area contributed by atoms with Crippen LogP contribution in [0.4, 0.5) is 14.3 Å². The molecule has 2 aromatic rings. The number of nitrogens with one attached hydrogen (secondary N) is 2. The third kappa shape index (κ3) is 4.40. The van der Waals surface area contributed by atoms with Crippen LogP contribution in [0.1, 0.15) is 23.5 Å². The van der Waals surface area contributed by atoms with Crippen molar-refractivity contribution in [2.24, 2.45) is 0 Å². The number of rotatable bonds is 5. The summed E-state index contributed by atoms with van der Waals surface area (Å²) < 4.78 is 13.3. The van der Waals surface area contributed by atoms with Gasteiger partial charge < -0.3 is 10.4 Å². The molecule has 3 N–H and O–H groups in total. The van der Waals surface area contributed by atoms with Crippen LogP contribution in [0.15, 0.2) is 24.4 Å². The van der Waals surface area contributed by atoms with Gasteiger partial charge >= 0.3 is 6.03 Å². The Morgan fingerprint density at radius 1 is 1.55 bits per heavy atom. The molecular weight excluding hydrogens is 329 g/mol. The van der Waals surface area contributed by atoms with E-state index in [0.717, 1.165) is 17.4 Å². The molecule has 0 aliphatic heterocycles. The van der Waals surface area contributed by atoms with Gasteiger partial charge in [0.25, 0.3) is 0 Å². The van der Waals surface area contributed by atoms with Crippen LogP contribution in [-0.4, -0.2) is 22.7 Å². The standard InChI is InChI=1S/C14H15ClFN3O2S/c1-2-9-6-18-14(22-9)19-13(21)17-7-12(20)8-3-4-10(15)11(16)5-8/h3-6,12,20H,2,7H2,1H3,(H2,17,18,19,21). The van der Waals surface area contributed by atoms with E-state index in [0.29, 0.717) is 10.7 Å². The SMILES string of the molecule is CCc1cnc(NC(=O)NCC(O)c2ccc(Cl)c(F)c2)s1. The van der Waals surface area contributed by atoms with Crippen LogP contribution in [0.2, 0.25) is 5.02 Å². The number of carbonyl (C=O) groups is 1. The Morgan fingerprint density at radius 2 is 2.32 bits per heavy atom. The fourth-order valence-corrected chi connectivity index (χ4v) is 2.56. The summed E-state index contributed by atoms with van der Waals surface area (Å²) in [6.45, 7) is 1.94. The number of aryl methyl sites for hydroxylation is 1. The third-order valence-electron chi connectivity index (χ3n) is 2.91. The molecule has 0 aliphatic rings. The van der Waals surface area contributed by atoms with E-state index in [-0.39, 0.29) is 11.6 Å². The first kappa shape index (κ1) is 16.7. The average Bonchev–Trinajstić information content (AvgIpc) is 2.95.